The zero-order valence-corrected chi connectivity index (χ0v) is 12.0. The van der Waals surface area contributed by atoms with Crippen molar-refractivity contribution in [3.63, 3.8) is 0 Å². The van der Waals surface area contributed by atoms with Crippen molar-refractivity contribution < 1.29 is 20.4 Å². The molecule has 0 aromatic heterocycles. The number of allylic oxidation sites excluding steroid dienone is 1. The predicted octanol–water partition coefficient (Wildman–Crippen LogP) is 0.518. The van der Waals surface area contributed by atoms with Gasteiger partial charge in [-0.3, -0.25) is 30.3 Å². The molecule has 0 saturated carbocycles. The highest BCUT2D eigenvalue weighted by atomic mass is 19.1. The Hall–Kier alpha value is -2.36. The quantitative estimate of drug-likeness (QED) is 0.398. The Balaban J connectivity index is 3.22. The van der Waals surface area contributed by atoms with Crippen molar-refractivity contribution in [1.29, 1.82) is 0 Å². The van der Waals surface area contributed by atoms with Crippen LogP contribution in [0.5, 0.6) is 0 Å². The van der Waals surface area contributed by atoms with Crippen LogP contribution in [0.4, 0.5) is 4.39 Å². The molecule has 0 aromatic carbocycles. The van der Waals surface area contributed by atoms with E-state index in [2.05, 4.69) is 5.32 Å². The summed E-state index contributed by atoms with van der Waals surface area (Å²) in [5, 5.41) is 24.0. The Morgan fingerprint density at radius 2 is 2.18 bits per heavy atom. The molecule has 0 aliphatic heterocycles. The number of alkyl halides is 1. The Morgan fingerprint density at radius 1 is 1.59 bits per heavy atom. The number of primary amides is 1. The standard InChI is InChI=1S/C12H17FN4O5/c1-7(2)5-9(11(14)18)15-12(13)4-3-8(16(19)20)6-10(12)17(21)22/h3-4,6-7,9-10,15H,5H2,1-2H3,(H2,14,18)/t9-,10?,12?/m0/s1/i3D. The number of nitrogens with two attached hydrogens (primary N) is 1. The number of hydrogen-bond donors (Lipinski definition) is 2. The first kappa shape index (κ1) is 16.0. The molecule has 0 heterocycles. The highest BCUT2D eigenvalue weighted by Gasteiger charge is 2.50. The lowest BCUT2D eigenvalue weighted by Gasteiger charge is -2.30. The first-order valence-electron chi connectivity index (χ1n) is 6.93. The van der Waals surface area contributed by atoms with E-state index in [1.807, 2.05) is 0 Å². The largest absolute Gasteiger partial charge is 0.368 e. The molecule has 3 atom stereocenters. The van der Waals surface area contributed by atoms with Crippen LogP contribution in [0.1, 0.15) is 21.6 Å². The van der Waals surface area contributed by atoms with Crippen LogP contribution in [0, 0.1) is 26.1 Å². The molecule has 2 unspecified atom stereocenters. The van der Waals surface area contributed by atoms with Gasteiger partial charge in [-0.1, -0.05) is 13.8 Å². The maximum absolute atomic E-state index is 15.0. The van der Waals surface area contributed by atoms with E-state index in [4.69, 9.17) is 7.10 Å². The molecule has 0 radical (unpaired) electrons. The molecule has 3 N–H and O–H groups in total. The molecule has 1 rings (SSSR count). The summed E-state index contributed by atoms with van der Waals surface area (Å²) < 4.78 is 22.5. The normalized spacial score (nSPS) is 26.7. The number of carbonyl (C=O) groups is 1. The molecule has 9 nitrogen and oxygen atoms in total. The van der Waals surface area contributed by atoms with E-state index in [9.17, 15) is 25.0 Å². The summed E-state index contributed by atoms with van der Waals surface area (Å²) in [4.78, 5) is 31.2. The van der Waals surface area contributed by atoms with Gasteiger partial charge in [-0.2, -0.15) is 0 Å². The minimum Gasteiger partial charge on any atom is -0.368 e. The molecule has 0 saturated heterocycles. The summed E-state index contributed by atoms with van der Waals surface area (Å²) in [5.41, 5.74) is 4.29. The lowest BCUT2D eigenvalue weighted by Crippen LogP contribution is -2.59. The van der Waals surface area contributed by atoms with E-state index in [1.54, 1.807) is 13.8 Å². The van der Waals surface area contributed by atoms with E-state index in [0.717, 1.165) is 0 Å². The Bertz CT molecular complexity index is 594. The summed E-state index contributed by atoms with van der Waals surface area (Å²) in [6.07, 6.45) is 0.982. The second-order valence-electron chi connectivity index (χ2n) is 5.32. The highest BCUT2D eigenvalue weighted by Crippen LogP contribution is 2.27. The molecule has 1 aliphatic carbocycles. The van der Waals surface area contributed by atoms with Gasteiger partial charge >= 0.3 is 0 Å². The van der Waals surface area contributed by atoms with E-state index in [-0.39, 0.29) is 12.3 Å². The molecule has 1 amide bonds. The monoisotopic (exact) mass is 317 g/mol. The zero-order chi connectivity index (χ0) is 17.9. The van der Waals surface area contributed by atoms with Gasteiger partial charge in [0.2, 0.25) is 5.91 Å². The van der Waals surface area contributed by atoms with Gasteiger partial charge in [0.15, 0.2) is 0 Å². The number of carbonyl (C=O) groups excluding carboxylic acids is 1. The van der Waals surface area contributed by atoms with Crippen LogP contribution >= 0.6 is 0 Å². The van der Waals surface area contributed by atoms with E-state index in [1.165, 1.54) is 0 Å². The Kier molecular flexibility index (Phi) is 4.81. The fourth-order valence-electron chi connectivity index (χ4n) is 2.02. The number of rotatable bonds is 7. The van der Waals surface area contributed by atoms with Crippen LogP contribution in [-0.4, -0.2) is 33.6 Å². The van der Waals surface area contributed by atoms with Gasteiger partial charge in [0.05, 0.1) is 18.4 Å². The minimum absolute atomic E-state index is 0.0643. The maximum atomic E-state index is 15.0. The zero-order valence-electron chi connectivity index (χ0n) is 13.0. The fraction of sp³-hybridized carbons (Fsp3) is 0.583. The van der Waals surface area contributed by atoms with Gasteiger partial charge in [0, 0.05) is 11.0 Å². The summed E-state index contributed by atoms with van der Waals surface area (Å²) >= 11 is 0. The van der Waals surface area contributed by atoms with Gasteiger partial charge < -0.3 is 5.73 Å². The van der Waals surface area contributed by atoms with Gasteiger partial charge in [-0.25, -0.2) is 4.39 Å². The van der Waals surface area contributed by atoms with Crippen molar-refractivity contribution >= 4 is 5.91 Å². The van der Waals surface area contributed by atoms with Crippen molar-refractivity contribution in [2.45, 2.75) is 38.1 Å². The minimum atomic E-state index is -2.94. The number of nitro groups is 2. The summed E-state index contributed by atoms with van der Waals surface area (Å²) in [5.74, 6) is -3.92. The summed E-state index contributed by atoms with van der Waals surface area (Å²) in [6.45, 7) is 3.48. The molecular formula is C12H17FN4O5. The van der Waals surface area contributed by atoms with Crippen molar-refractivity contribution in [2.24, 2.45) is 11.7 Å². The van der Waals surface area contributed by atoms with Crippen LogP contribution in [0.15, 0.2) is 23.9 Å². The molecule has 1 aliphatic rings. The topological polar surface area (TPSA) is 141 Å². The number of amides is 1. The van der Waals surface area contributed by atoms with E-state index in [0.29, 0.717) is 12.2 Å². The average molecular weight is 317 g/mol. The average Bonchev–Trinajstić information content (AvgIpc) is 2.35. The van der Waals surface area contributed by atoms with Crippen molar-refractivity contribution in [3.8, 4) is 0 Å². The first-order chi connectivity index (χ1) is 10.5. The summed E-state index contributed by atoms with van der Waals surface area (Å²) in [6, 6.07) is -4.21. The molecule has 0 bridgehead atoms. The van der Waals surface area contributed by atoms with Crippen LogP contribution in [0.3, 0.4) is 0 Å². The molecule has 10 heteroatoms. The maximum Gasteiger partial charge on any atom is 0.288 e. The third-order valence-corrected chi connectivity index (χ3v) is 3.05. The fourth-order valence-corrected chi connectivity index (χ4v) is 2.02. The molecule has 0 aromatic rings. The first-order valence-corrected chi connectivity index (χ1v) is 6.43. The molecule has 0 spiro atoms. The lowest BCUT2D eigenvalue weighted by atomic mass is 9.95. The molecule has 122 valence electrons. The van der Waals surface area contributed by atoms with E-state index < -0.39 is 45.4 Å². The highest BCUT2D eigenvalue weighted by molar-refractivity contribution is 5.80. The van der Waals surface area contributed by atoms with E-state index >= 15 is 4.39 Å². The van der Waals surface area contributed by atoms with Gasteiger partial charge in [-0.05, 0) is 18.4 Å². The van der Waals surface area contributed by atoms with Crippen molar-refractivity contribution in [1.82, 2.24) is 5.32 Å². The summed E-state index contributed by atoms with van der Waals surface area (Å²) in [7, 11) is 0. The van der Waals surface area contributed by atoms with Gasteiger partial charge in [0.1, 0.15) is 0 Å². The van der Waals surface area contributed by atoms with Crippen LogP contribution in [0.2, 0.25) is 0 Å². The number of nitrogens with zero attached hydrogens (tertiary/aromatic N) is 2. The SMILES string of the molecule is [2H]C1=CC(F)(N[C@@H](CC(C)C)C(N)=O)C([N+](=O)[O-])C=C1[N+](=O)[O-]. The lowest BCUT2D eigenvalue weighted by molar-refractivity contribution is -0.529. The second-order valence-corrected chi connectivity index (χ2v) is 5.32. The Morgan fingerprint density at radius 3 is 2.59 bits per heavy atom. The van der Waals surface area contributed by atoms with Crippen LogP contribution in [0.25, 0.3) is 0 Å². The Labute approximate surface area is 126 Å². The van der Waals surface area contributed by atoms with Crippen LogP contribution in [-0.2, 0) is 4.79 Å². The number of hydrogen-bond acceptors (Lipinski definition) is 6. The van der Waals surface area contributed by atoms with Gasteiger partial charge in [0.25, 0.3) is 17.5 Å². The molecule has 22 heavy (non-hydrogen) atoms. The van der Waals surface area contributed by atoms with Gasteiger partial charge in [-0.15, -0.1) is 0 Å². The number of halogens is 1. The second kappa shape index (κ2) is 6.60. The molecule has 0 fully saturated rings. The van der Waals surface area contributed by atoms with Crippen molar-refractivity contribution in [2.75, 3.05) is 0 Å². The number of nitrogens with one attached hydrogen (secondary N) is 1. The smallest absolute Gasteiger partial charge is 0.288 e. The third kappa shape index (κ3) is 4.07. The van der Waals surface area contributed by atoms with Crippen LogP contribution < -0.4 is 11.1 Å². The predicted molar refractivity (Wildman–Crippen MR) is 74.4 cm³/mol. The van der Waals surface area contributed by atoms with Crippen molar-refractivity contribution in [3.05, 3.63) is 44.1 Å². The third-order valence-electron chi connectivity index (χ3n) is 3.05. The molecular weight excluding hydrogens is 299 g/mol.